The van der Waals surface area contributed by atoms with Crippen molar-refractivity contribution in [2.45, 2.75) is 6.92 Å². The first kappa shape index (κ1) is 16.5. The lowest BCUT2D eigenvalue weighted by Gasteiger charge is -2.11. The Bertz CT molecular complexity index is 915. The van der Waals surface area contributed by atoms with Gasteiger partial charge in [-0.1, -0.05) is 49.6 Å². The third-order valence-corrected chi connectivity index (χ3v) is 3.74. The minimum atomic E-state index is 0.536. The van der Waals surface area contributed by atoms with Gasteiger partial charge in [-0.25, -0.2) is 4.98 Å². The molecule has 2 aromatic carbocycles. The zero-order valence-corrected chi connectivity index (χ0v) is 14.2. The topological polar surface area (TPSA) is 49.8 Å². The fourth-order valence-corrected chi connectivity index (χ4v) is 2.38. The van der Waals surface area contributed by atoms with E-state index >= 15 is 0 Å². The molecule has 0 atom stereocenters. The summed E-state index contributed by atoms with van der Waals surface area (Å²) in [7, 11) is 0. The number of hydrogen-bond acceptors (Lipinski definition) is 4. The van der Waals surface area contributed by atoms with Gasteiger partial charge in [0.15, 0.2) is 0 Å². The number of hydrogen-bond donors (Lipinski definition) is 2. The van der Waals surface area contributed by atoms with E-state index in [2.05, 4.69) is 33.8 Å². The Morgan fingerprint density at radius 3 is 2.08 bits per heavy atom. The second-order valence-electron chi connectivity index (χ2n) is 5.63. The fourth-order valence-electron chi connectivity index (χ4n) is 2.38. The quantitative estimate of drug-likeness (QED) is 0.622. The van der Waals surface area contributed by atoms with Crippen molar-refractivity contribution in [3.05, 3.63) is 84.6 Å². The molecule has 0 aliphatic carbocycles. The van der Waals surface area contributed by atoms with Crippen LogP contribution in [-0.2, 0) is 0 Å². The van der Waals surface area contributed by atoms with Crippen molar-refractivity contribution in [2.75, 3.05) is 10.6 Å². The molecule has 4 nitrogen and oxygen atoms in total. The van der Waals surface area contributed by atoms with Gasteiger partial charge in [-0.15, -0.1) is 0 Å². The van der Waals surface area contributed by atoms with Crippen LogP contribution in [0.2, 0.25) is 0 Å². The van der Waals surface area contributed by atoms with Gasteiger partial charge in [0.1, 0.15) is 5.82 Å². The number of aromatic nitrogens is 2. The van der Waals surface area contributed by atoms with Crippen molar-refractivity contribution in [1.29, 1.82) is 0 Å². The highest BCUT2D eigenvalue weighted by Crippen LogP contribution is 2.22. The van der Waals surface area contributed by atoms with Gasteiger partial charge >= 0.3 is 0 Å². The van der Waals surface area contributed by atoms with Crippen LogP contribution in [-0.4, -0.2) is 9.97 Å². The Hall–Kier alpha value is -3.40. The molecule has 0 unspecified atom stereocenters. The van der Waals surface area contributed by atoms with E-state index in [4.69, 9.17) is 0 Å². The smallest absolute Gasteiger partial charge is 0.229 e. The molecule has 0 aliphatic rings. The summed E-state index contributed by atoms with van der Waals surface area (Å²) in [6.45, 7) is 9.56. The minimum absolute atomic E-state index is 0.536. The molecule has 25 heavy (non-hydrogen) atoms. The van der Waals surface area contributed by atoms with Crippen molar-refractivity contribution < 1.29 is 0 Å². The van der Waals surface area contributed by atoms with Crippen molar-refractivity contribution in [3.63, 3.8) is 0 Å². The predicted molar refractivity (Wildman–Crippen MR) is 106 cm³/mol. The van der Waals surface area contributed by atoms with Crippen LogP contribution in [0.15, 0.2) is 67.9 Å². The molecule has 4 heteroatoms. The largest absolute Gasteiger partial charge is 0.340 e. The summed E-state index contributed by atoms with van der Waals surface area (Å²) in [5.74, 6) is 1.30. The maximum absolute atomic E-state index is 4.59. The Morgan fingerprint density at radius 1 is 0.880 bits per heavy atom. The molecule has 1 heterocycles. The van der Waals surface area contributed by atoms with Gasteiger partial charge in [-0.2, -0.15) is 4.98 Å². The molecule has 0 fully saturated rings. The highest BCUT2D eigenvalue weighted by Gasteiger charge is 2.05. The normalized spacial score (nSPS) is 10.1. The molecule has 0 radical (unpaired) electrons. The molecule has 3 aromatic rings. The van der Waals surface area contributed by atoms with Crippen LogP contribution >= 0.6 is 0 Å². The molecule has 0 bridgehead atoms. The maximum Gasteiger partial charge on any atom is 0.229 e. The number of rotatable bonds is 6. The molecule has 0 amide bonds. The van der Waals surface area contributed by atoms with Crippen molar-refractivity contribution in [1.82, 2.24) is 9.97 Å². The summed E-state index contributed by atoms with van der Waals surface area (Å²) in [4.78, 5) is 8.95. The third kappa shape index (κ3) is 4.12. The molecular formula is C21H20N4. The van der Waals surface area contributed by atoms with E-state index in [0.29, 0.717) is 5.95 Å². The lowest BCUT2D eigenvalue weighted by Crippen LogP contribution is -2.03. The van der Waals surface area contributed by atoms with Gasteiger partial charge in [-0.3, -0.25) is 0 Å². The third-order valence-electron chi connectivity index (χ3n) is 3.74. The number of anilines is 4. The van der Waals surface area contributed by atoms with E-state index in [-0.39, 0.29) is 0 Å². The van der Waals surface area contributed by atoms with Crippen molar-refractivity contribution in [2.24, 2.45) is 0 Å². The highest BCUT2D eigenvalue weighted by atomic mass is 15.1. The monoisotopic (exact) mass is 328 g/mol. The Labute approximate surface area is 148 Å². The number of benzene rings is 2. The van der Waals surface area contributed by atoms with Crippen molar-refractivity contribution in [3.8, 4) is 0 Å². The summed E-state index contributed by atoms with van der Waals surface area (Å²) in [5.41, 5.74) is 4.93. The van der Waals surface area contributed by atoms with Crippen LogP contribution in [0.4, 0.5) is 23.1 Å². The number of nitrogens with zero attached hydrogens (tertiary/aromatic N) is 2. The maximum atomic E-state index is 4.59. The average molecular weight is 328 g/mol. The molecule has 0 saturated heterocycles. The van der Waals surface area contributed by atoms with E-state index in [0.717, 1.165) is 33.9 Å². The van der Waals surface area contributed by atoms with Crippen LogP contribution in [0.3, 0.4) is 0 Å². The van der Waals surface area contributed by atoms with E-state index in [1.54, 1.807) is 12.3 Å². The fraction of sp³-hybridized carbons (Fsp3) is 0.0476. The first-order valence-corrected chi connectivity index (χ1v) is 8.00. The first-order valence-electron chi connectivity index (χ1n) is 8.00. The zero-order valence-electron chi connectivity index (χ0n) is 14.2. The van der Waals surface area contributed by atoms with E-state index in [1.807, 2.05) is 61.5 Å². The molecule has 0 spiro atoms. The zero-order chi connectivity index (χ0) is 17.6. The van der Waals surface area contributed by atoms with E-state index in [1.165, 1.54) is 0 Å². The SMILES string of the molecule is C=Cc1cccc(Nc2ncc(C)c(Nc3cccc(C=C)c3)n2)c1. The van der Waals surface area contributed by atoms with E-state index < -0.39 is 0 Å². The van der Waals surface area contributed by atoms with Crippen LogP contribution in [0.25, 0.3) is 12.2 Å². The standard InChI is InChI=1S/C21H20N4/c1-4-16-8-6-10-18(12-16)23-20-15(3)14-22-21(25-20)24-19-11-7-9-17(5-2)13-19/h4-14H,1-2H2,3H3,(H2,22,23,24,25). The van der Waals surface area contributed by atoms with Gasteiger partial charge in [0.2, 0.25) is 5.95 Å². The molecular weight excluding hydrogens is 308 g/mol. The lowest BCUT2D eigenvalue weighted by molar-refractivity contribution is 1.13. The predicted octanol–water partition coefficient (Wildman–Crippen LogP) is 5.56. The first-order chi connectivity index (χ1) is 12.2. The highest BCUT2D eigenvalue weighted by molar-refractivity contribution is 5.65. The average Bonchev–Trinajstić information content (AvgIpc) is 2.65. The molecule has 0 saturated carbocycles. The number of aryl methyl sites for hydroxylation is 1. The second-order valence-corrected chi connectivity index (χ2v) is 5.63. The second kappa shape index (κ2) is 7.45. The van der Waals surface area contributed by atoms with Gasteiger partial charge in [0.25, 0.3) is 0 Å². The Morgan fingerprint density at radius 2 is 1.48 bits per heavy atom. The summed E-state index contributed by atoms with van der Waals surface area (Å²) < 4.78 is 0. The van der Waals surface area contributed by atoms with Crippen LogP contribution in [0.1, 0.15) is 16.7 Å². The van der Waals surface area contributed by atoms with Gasteiger partial charge in [-0.05, 0) is 42.3 Å². The lowest BCUT2D eigenvalue weighted by atomic mass is 10.2. The van der Waals surface area contributed by atoms with Gasteiger partial charge in [0.05, 0.1) is 0 Å². The molecule has 3 rings (SSSR count). The van der Waals surface area contributed by atoms with Crippen LogP contribution in [0.5, 0.6) is 0 Å². The molecule has 1 aromatic heterocycles. The summed E-state index contributed by atoms with van der Waals surface area (Å²) in [6.07, 6.45) is 5.42. The van der Waals surface area contributed by atoms with E-state index in [9.17, 15) is 0 Å². The summed E-state index contributed by atoms with van der Waals surface area (Å²) in [5, 5.41) is 6.57. The Kier molecular flexibility index (Phi) is 4.90. The molecule has 0 aliphatic heterocycles. The van der Waals surface area contributed by atoms with Crippen molar-refractivity contribution >= 4 is 35.3 Å². The summed E-state index contributed by atoms with van der Waals surface area (Å²) in [6, 6.07) is 15.9. The molecule has 124 valence electrons. The minimum Gasteiger partial charge on any atom is -0.340 e. The number of nitrogens with one attached hydrogen (secondary N) is 2. The Balaban J connectivity index is 1.84. The van der Waals surface area contributed by atoms with Gasteiger partial charge < -0.3 is 10.6 Å². The van der Waals surface area contributed by atoms with Crippen LogP contribution < -0.4 is 10.6 Å². The summed E-state index contributed by atoms with van der Waals surface area (Å²) >= 11 is 0. The van der Waals surface area contributed by atoms with Crippen LogP contribution in [0, 0.1) is 6.92 Å². The van der Waals surface area contributed by atoms with Gasteiger partial charge in [0, 0.05) is 23.1 Å². The molecule has 2 N–H and O–H groups in total.